The molecule has 0 spiro atoms. The third-order valence-electron chi connectivity index (χ3n) is 3.73. The van der Waals surface area contributed by atoms with Gasteiger partial charge in [-0.3, -0.25) is 9.59 Å². The highest BCUT2D eigenvalue weighted by Gasteiger charge is 2.38. The molecular weight excluding hydrogens is 286 g/mol. The summed E-state index contributed by atoms with van der Waals surface area (Å²) in [6.45, 7) is 0.125. The SMILES string of the molecule is NCC(=O)N1C[C@H](NCC(=O)c2ccccc2)C[C@H]1C(=O)O. The number of nitrogens with zero attached hydrogens (tertiary/aromatic N) is 1. The van der Waals surface area contributed by atoms with E-state index in [-0.39, 0.29) is 37.9 Å². The van der Waals surface area contributed by atoms with Gasteiger partial charge < -0.3 is 21.1 Å². The predicted octanol–water partition coefficient (Wildman–Crippen LogP) is -0.528. The van der Waals surface area contributed by atoms with E-state index < -0.39 is 17.9 Å². The maximum absolute atomic E-state index is 12.0. The normalized spacial score (nSPS) is 20.9. The summed E-state index contributed by atoms with van der Waals surface area (Å²) in [5, 5.41) is 12.2. The van der Waals surface area contributed by atoms with Crippen molar-refractivity contribution in [2.75, 3.05) is 19.6 Å². The number of hydrogen-bond donors (Lipinski definition) is 3. The maximum Gasteiger partial charge on any atom is 0.326 e. The highest BCUT2D eigenvalue weighted by Crippen LogP contribution is 2.18. The van der Waals surface area contributed by atoms with Crippen LogP contribution in [0.1, 0.15) is 16.8 Å². The van der Waals surface area contributed by atoms with Crippen LogP contribution in [0.5, 0.6) is 0 Å². The van der Waals surface area contributed by atoms with Crippen LogP contribution in [0.3, 0.4) is 0 Å². The van der Waals surface area contributed by atoms with Gasteiger partial charge in [0.25, 0.3) is 0 Å². The standard InChI is InChI=1S/C15H19N3O4/c16-7-14(20)18-9-11(6-12(18)15(21)22)17-8-13(19)10-4-2-1-3-5-10/h1-5,11-12,17H,6-9,16H2,(H,21,22)/t11-,12+/m1/s1. The Hall–Kier alpha value is -2.25. The maximum atomic E-state index is 12.0. The summed E-state index contributed by atoms with van der Waals surface area (Å²) in [5.41, 5.74) is 5.89. The first kappa shape index (κ1) is 16.1. The molecule has 1 aliphatic rings. The van der Waals surface area contributed by atoms with Crippen LogP contribution in [-0.2, 0) is 9.59 Å². The number of benzene rings is 1. The second-order valence-electron chi connectivity index (χ2n) is 5.21. The molecule has 0 bridgehead atoms. The van der Waals surface area contributed by atoms with E-state index in [2.05, 4.69) is 5.32 Å². The topological polar surface area (TPSA) is 113 Å². The van der Waals surface area contributed by atoms with E-state index in [4.69, 9.17) is 5.73 Å². The van der Waals surface area contributed by atoms with Gasteiger partial charge >= 0.3 is 5.97 Å². The number of ketones is 1. The third kappa shape index (κ3) is 3.69. The molecule has 0 radical (unpaired) electrons. The molecule has 1 aliphatic heterocycles. The van der Waals surface area contributed by atoms with E-state index in [1.54, 1.807) is 24.3 Å². The van der Waals surface area contributed by atoms with Crippen molar-refractivity contribution in [1.82, 2.24) is 10.2 Å². The summed E-state index contributed by atoms with van der Waals surface area (Å²) in [5.74, 6) is -1.53. The van der Waals surface area contributed by atoms with Gasteiger partial charge in [0.05, 0.1) is 13.1 Å². The number of rotatable bonds is 6. The van der Waals surface area contributed by atoms with Crippen LogP contribution >= 0.6 is 0 Å². The number of carboxylic acid groups (broad SMARTS) is 1. The van der Waals surface area contributed by atoms with Gasteiger partial charge in [-0.1, -0.05) is 30.3 Å². The number of carbonyl (C=O) groups excluding carboxylic acids is 2. The monoisotopic (exact) mass is 305 g/mol. The van der Waals surface area contributed by atoms with Crippen molar-refractivity contribution >= 4 is 17.7 Å². The molecule has 1 heterocycles. The molecule has 0 aromatic heterocycles. The molecular formula is C15H19N3O4. The van der Waals surface area contributed by atoms with E-state index in [0.717, 1.165) is 0 Å². The highest BCUT2D eigenvalue weighted by molar-refractivity contribution is 5.97. The molecule has 1 saturated heterocycles. The second-order valence-corrected chi connectivity index (χ2v) is 5.21. The molecule has 118 valence electrons. The molecule has 1 aromatic rings. The molecule has 7 nitrogen and oxygen atoms in total. The van der Waals surface area contributed by atoms with Gasteiger partial charge in [0.1, 0.15) is 6.04 Å². The van der Waals surface area contributed by atoms with Gasteiger partial charge in [-0.25, -0.2) is 4.79 Å². The molecule has 1 aromatic carbocycles. The van der Waals surface area contributed by atoms with E-state index in [1.807, 2.05) is 6.07 Å². The lowest BCUT2D eigenvalue weighted by Gasteiger charge is -2.20. The van der Waals surface area contributed by atoms with E-state index >= 15 is 0 Å². The number of carboxylic acids is 1. The Bertz CT molecular complexity index is 561. The summed E-state index contributed by atoms with van der Waals surface area (Å²) >= 11 is 0. The largest absolute Gasteiger partial charge is 0.480 e. The lowest BCUT2D eigenvalue weighted by atomic mass is 10.1. The second kappa shape index (κ2) is 7.15. The molecule has 22 heavy (non-hydrogen) atoms. The number of amides is 1. The van der Waals surface area contributed by atoms with Crippen molar-refractivity contribution in [3.63, 3.8) is 0 Å². The molecule has 0 aliphatic carbocycles. The first-order chi connectivity index (χ1) is 10.5. The van der Waals surface area contributed by atoms with Crippen LogP contribution in [0.15, 0.2) is 30.3 Å². The zero-order chi connectivity index (χ0) is 16.1. The van der Waals surface area contributed by atoms with Gasteiger partial charge in [-0.15, -0.1) is 0 Å². The first-order valence-electron chi connectivity index (χ1n) is 7.07. The quantitative estimate of drug-likeness (QED) is 0.609. The lowest BCUT2D eigenvalue weighted by molar-refractivity contribution is -0.147. The predicted molar refractivity (Wildman–Crippen MR) is 79.4 cm³/mol. The molecule has 0 unspecified atom stereocenters. The van der Waals surface area contributed by atoms with Gasteiger partial charge in [0.15, 0.2) is 5.78 Å². The summed E-state index contributed by atoms with van der Waals surface area (Å²) in [4.78, 5) is 36.2. The number of likely N-dealkylation sites (tertiary alicyclic amines) is 1. The fraction of sp³-hybridized carbons (Fsp3) is 0.400. The summed E-state index contributed by atoms with van der Waals surface area (Å²) in [6.07, 6.45) is 0.267. The summed E-state index contributed by atoms with van der Waals surface area (Å²) < 4.78 is 0. The van der Waals surface area contributed by atoms with Crippen LogP contribution in [0.2, 0.25) is 0 Å². The number of carbonyl (C=O) groups is 3. The van der Waals surface area contributed by atoms with Crippen molar-refractivity contribution in [2.45, 2.75) is 18.5 Å². The highest BCUT2D eigenvalue weighted by atomic mass is 16.4. The Morgan fingerprint density at radius 1 is 1.27 bits per heavy atom. The molecule has 1 amide bonds. The van der Waals surface area contributed by atoms with Gasteiger partial charge in [0.2, 0.25) is 5.91 Å². The number of aliphatic carboxylic acids is 1. The van der Waals surface area contributed by atoms with E-state index in [0.29, 0.717) is 5.56 Å². The van der Waals surface area contributed by atoms with E-state index in [1.165, 1.54) is 4.90 Å². The number of hydrogen-bond acceptors (Lipinski definition) is 5. The minimum absolute atomic E-state index is 0.0731. The minimum atomic E-state index is -1.06. The Morgan fingerprint density at radius 2 is 1.95 bits per heavy atom. The number of nitrogens with one attached hydrogen (secondary N) is 1. The third-order valence-corrected chi connectivity index (χ3v) is 3.73. The van der Waals surface area contributed by atoms with Gasteiger partial charge in [0, 0.05) is 18.2 Å². The van der Waals surface area contributed by atoms with Crippen molar-refractivity contribution in [3.05, 3.63) is 35.9 Å². The van der Waals surface area contributed by atoms with Crippen molar-refractivity contribution in [1.29, 1.82) is 0 Å². The molecule has 4 N–H and O–H groups in total. The zero-order valence-electron chi connectivity index (χ0n) is 12.1. The van der Waals surface area contributed by atoms with Crippen LogP contribution in [0.4, 0.5) is 0 Å². The fourth-order valence-electron chi connectivity index (χ4n) is 2.57. The number of nitrogens with two attached hydrogens (primary N) is 1. The fourth-order valence-corrected chi connectivity index (χ4v) is 2.57. The molecule has 1 fully saturated rings. The number of Topliss-reactive ketones (excluding diaryl/α,β-unsaturated/α-hetero) is 1. The first-order valence-corrected chi connectivity index (χ1v) is 7.07. The van der Waals surface area contributed by atoms with Crippen LogP contribution in [0.25, 0.3) is 0 Å². The Labute approximate surface area is 128 Å². The van der Waals surface area contributed by atoms with Crippen LogP contribution < -0.4 is 11.1 Å². The Balaban J connectivity index is 1.93. The molecule has 7 heteroatoms. The van der Waals surface area contributed by atoms with Crippen molar-refractivity contribution in [2.24, 2.45) is 5.73 Å². The Kier molecular flexibility index (Phi) is 5.24. The van der Waals surface area contributed by atoms with Crippen molar-refractivity contribution in [3.8, 4) is 0 Å². The van der Waals surface area contributed by atoms with Gasteiger partial charge in [-0.05, 0) is 6.42 Å². The summed E-state index contributed by atoms with van der Waals surface area (Å²) in [7, 11) is 0. The van der Waals surface area contributed by atoms with Crippen molar-refractivity contribution < 1.29 is 19.5 Å². The van der Waals surface area contributed by atoms with Gasteiger partial charge in [-0.2, -0.15) is 0 Å². The zero-order valence-corrected chi connectivity index (χ0v) is 12.1. The van der Waals surface area contributed by atoms with E-state index in [9.17, 15) is 19.5 Å². The van der Waals surface area contributed by atoms with Crippen LogP contribution in [0, 0.1) is 0 Å². The smallest absolute Gasteiger partial charge is 0.326 e. The molecule has 2 rings (SSSR count). The molecule has 0 saturated carbocycles. The summed E-state index contributed by atoms with van der Waals surface area (Å²) in [6, 6.07) is 7.72. The minimum Gasteiger partial charge on any atom is -0.480 e. The lowest BCUT2D eigenvalue weighted by Crippen LogP contribution is -2.44. The van der Waals surface area contributed by atoms with Crippen LogP contribution in [-0.4, -0.2) is 59.4 Å². The Morgan fingerprint density at radius 3 is 2.55 bits per heavy atom. The average molecular weight is 305 g/mol. The molecule has 2 atom stereocenters. The average Bonchev–Trinajstić information content (AvgIpc) is 2.97.